The first-order valence-electron chi connectivity index (χ1n) is 11.7. The van der Waals surface area contributed by atoms with E-state index in [0.29, 0.717) is 19.4 Å². The normalized spacial score (nSPS) is 17.8. The monoisotopic (exact) mass is 508 g/mol. The standard InChI is InChI=1S/C23H22N2O3S.C5H10O2/c1-29(27,28)20-11-19(13-24-14-20)17-8-5-9-18(10-17)22-15-25-23(26)12-21(22)16-6-3-2-4-7-16;1-5(2,3)7-4-6/h2-11,13-14,21-22H,12,15H2,1H3,(H,25,26);4H,1-3H3/t21-,22+;/m0./s1. The Morgan fingerprint density at radius 3 is 2.25 bits per heavy atom. The first-order valence-corrected chi connectivity index (χ1v) is 13.6. The van der Waals surface area contributed by atoms with Gasteiger partial charge in [0, 0.05) is 49.0 Å². The number of amides is 1. The summed E-state index contributed by atoms with van der Waals surface area (Å²) in [6, 6.07) is 19.8. The van der Waals surface area contributed by atoms with E-state index in [0.717, 1.165) is 22.3 Å². The summed E-state index contributed by atoms with van der Waals surface area (Å²) < 4.78 is 28.3. The molecule has 0 unspecified atom stereocenters. The summed E-state index contributed by atoms with van der Waals surface area (Å²) in [7, 11) is -3.32. The molecule has 0 bridgehead atoms. The van der Waals surface area contributed by atoms with Gasteiger partial charge >= 0.3 is 0 Å². The molecule has 7 nitrogen and oxygen atoms in total. The minimum atomic E-state index is -3.32. The highest BCUT2D eigenvalue weighted by Gasteiger charge is 2.31. The maximum Gasteiger partial charge on any atom is 0.293 e. The Morgan fingerprint density at radius 1 is 0.944 bits per heavy atom. The largest absolute Gasteiger partial charge is 0.462 e. The Bertz CT molecular complexity index is 1300. The number of piperidine rings is 1. The number of aromatic nitrogens is 1. The van der Waals surface area contributed by atoms with Gasteiger partial charge in [0.2, 0.25) is 5.91 Å². The fraction of sp³-hybridized carbons (Fsp3) is 0.321. The minimum Gasteiger partial charge on any atom is -0.462 e. The molecule has 0 saturated carbocycles. The van der Waals surface area contributed by atoms with Crippen LogP contribution >= 0.6 is 0 Å². The van der Waals surface area contributed by atoms with E-state index in [1.165, 1.54) is 12.5 Å². The molecule has 2 aromatic carbocycles. The van der Waals surface area contributed by atoms with E-state index in [-0.39, 0.29) is 28.2 Å². The molecule has 0 spiro atoms. The molecule has 3 aromatic rings. The molecule has 4 rings (SSSR count). The molecular formula is C28H32N2O5S. The quantitative estimate of drug-likeness (QED) is 0.509. The van der Waals surface area contributed by atoms with Gasteiger partial charge < -0.3 is 10.1 Å². The van der Waals surface area contributed by atoms with Crippen LogP contribution in [0.15, 0.2) is 78.0 Å². The molecule has 0 radical (unpaired) electrons. The topological polar surface area (TPSA) is 102 Å². The summed E-state index contributed by atoms with van der Waals surface area (Å²) in [6.45, 7) is 6.49. The van der Waals surface area contributed by atoms with Crippen LogP contribution in [0.5, 0.6) is 0 Å². The number of hydrogen-bond donors (Lipinski definition) is 1. The van der Waals surface area contributed by atoms with Gasteiger partial charge in [0.05, 0.1) is 4.90 Å². The molecule has 1 N–H and O–H groups in total. The number of nitrogens with zero attached hydrogens (tertiary/aromatic N) is 1. The Hall–Kier alpha value is -3.52. The third-order valence-corrected chi connectivity index (χ3v) is 6.91. The smallest absolute Gasteiger partial charge is 0.293 e. The maximum atomic E-state index is 12.1. The van der Waals surface area contributed by atoms with Crippen LogP contribution in [-0.4, -0.2) is 44.2 Å². The molecule has 0 aliphatic carbocycles. The highest BCUT2D eigenvalue weighted by molar-refractivity contribution is 7.90. The number of carbonyl (C=O) groups excluding carboxylic acids is 2. The van der Waals surface area contributed by atoms with Crippen LogP contribution in [0.3, 0.4) is 0 Å². The molecule has 2 heterocycles. The fourth-order valence-electron chi connectivity index (χ4n) is 4.05. The predicted octanol–water partition coefficient (Wildman–Crippen LogP) is 4.50. The number of hydrogen-bond acceptors (Lipinski definition) is 6. The van der Waals surface area contributed by atoms with Crippen molar-refractivity contribution in [2.75, 3.05) is 12.8 Å². The second kappa shape index (κ2) is 11.5. The molecule has 2 atom stereocenters. The van der Waals surface area contributed by atoms with E-state index in [1.54, 1.807) is 12.3 Å². The van der Waals surface area contributed by atoms with Crippen molar-refractivity contribution < 1.29 is 22.7 Å². The lowest BCUT2D eigenvalue weighted by molar-refractivity contribution is -0.138. The van der Waals surface area contributed by atoms with Crippen molar-refractivity contribution in [2.24, 2.45) is 0 Å². The highest BCUT2D eigenvalue weighted by Crippen LogP contribution is 2.38. The Balaban J connectivity index is 0.000000454. The average molecular weight is 509 g/mol. The molecule has 8 heteroatoms. The van der Waals surface area contributed by atoms with Gasteiger partial charge in [0.15, 0.2) is 9.84 Å². The zero-order valence-corrected chi connectivity index (χ0v) is 21.8. The Kier molecular flexibility index (Phi) is 8.63. The van der Waals surface area contributed by atoms with E-state index < -0.39 is 9.84 Å². The van der Waals surface area contributed by atoms with E-state index >= 15 is 0 Å². The second-order valence-electron chi connectivity index (χ2n) is 9.77. The lowest BCUT2D eigenvalue weighted by Gasteiger charge is -2.32. The van der Waals surface area contributed by atoms with Crippen LogP contribution in [0.25, 0.3) is 11.1 Å². The van der Waals surface area contributed by atoms with Crippen molar-refractivity contribution in [3.05, 3.63) is 84.2 Å². The van der Waals surface area contributed by atoms with Gasteiger partial charge in [0.1, 0.15) is 5.60 Å². The first kappa shape index (κ1) is 27.1. The van der Waals surface area contributed by atoms with E-state index in [4.69, 9.17) is 0 Å². The SMILES string of the molecule is CC(C)(C)OC=O.CS(=O)(=O)c1cncc(-c2cccc([C@H]3CNC(=O)C[C@H]3c3ccccc3)c2)c1. The van der Waals surface area contributed by atoms with Gasteiger partial charge in [0.25, 0.3) is 6.47 Å². The molecule has 1 amide bonds. The van der Waals surface area contributed by atoms with Crippen LogP contribution in [0, 0.1) is 0 Å². The zero-order valence-electron chi connectivity index (χ0n) is 21.0. The summed E-state index contributed by atoms with van der Waals surface area (Å²) in [5.41, 5.74) is 3.61. The summed E-state index contributed by atoms with van der Waals surface area (Å²) in [4.78, 5) is 26.0. The van der Waals surface area contributed by atoms with Crippen molar-refractivity contribution >= 4 is 22.2 Å². The van der Waals surface area contributed by atoms with Gasteiger partial charge in [-0.2, -0.15) is 0 Å². The second-order valence-corrected chi connectivity index (χ2v) is 11.8. The van der Waals surface area contributed by atoms with E-state index in [9.17, 15) is 18.0 Å². The van der Waals surface area contributed by atoms with Gasteiger partial charge in [-0.05, 0) is 43.5 Å². The number of sulfone groups is 1. The summed E-state index contributed by atoms with van der Waals surface area (Å²) in [6.07, 6.45) is 4.67. The molecule has 1 saturated heterocycles. The molecule has 1 aromatic heterocycles. The molecular weight excluding hydrogens is 476 g/mol. The van der Waals surface area contributed by atoms with Crippen LogP contribution in [0.2, 0.25) is 0 Å². The number of ether oxygens (including phenoxy) is 1. The Labute approximate surface area is 212 Å². The summed E-state index contributed by atoms with van der Waals surface area (Å²) in [5, 5.41) is 2.99. The van der Waals surface area contributed by atoms with Crippen molar-refractivity contribution in [1.82, 2.24) is 10.3 Å². The van der Waals surface area contributed by atoms with Crippen LogP contribution in [0.4, 0.5) is 0 Å². The molecule has 36 heavy (non-hydrogen) atoms. The van der Waals surface area contributed by atoms with Crippen molar-refractivity contribution in [1.29, 1.82) is 0 Å². The summed E-state index contributed by atoms with van der Waals surface area (Å²) >= 11 is 0. The lowest BCUT2D eigenvalue weighted by atomic mass is 9.77. The Morgan fingerprint density at radius 2 is 1.64 bits per heavy atom. The van der Waals surface area contributed by atoms with Crippen LogP contribution in [-0.2, 0) is 24.2 Å². The first-order chi connectivity index (χ1) is 17.0. The van der Waals surface area contributed by atoms with Gasteiger partial charge in [-0.1, -0.05) is 54.6 Å². The summed E-state index contributed by atoms with van der Waals surface area (Å²) in [5.74, 6) is 0.304. The van der Waals surface area contributed by atoms with Crippen molar-refractivity contribution in [3.8, 4) is 11.1 Å². The molecule has 1 aliphatic heterocycles. The number of nitrogens with one attached hydrogen (secondary N) is 1. The minimum absolute atomic E-state index is 0.0660. The number of carbonyl (C=O) groups is 2. The molecule has 1 fully saturated rings. The third kappa shape index (κ3) is 7.49. The number of pyridine rings is 1. The number of benzene rings is 2. The highest BCUT2D eigenvalue weighted by atomic mass is 32.2. The van der Waals surface area contributed by atoms with E-state index in [1.807, 2.05) is 51.1 Å². The van der Waals surface area contributed by atoms with Gasteiger partial charge in [-0.3, -0.25) is 14.6 Å². The van der Waals surface area contributed by atoms with Crippen molar-refractivity contribution in [2.45, 2.75) is 49.5 Å². The van der Waals surface area contributed by atoms with Gasteiger partial charge in [-0.25, -0.2) is 8.42 Å². The zero-order chi connectivity index (χ0) is 26.3. The molecule has 190 valence electrons. The van der Waals surface area contributed by atoms with E-state index in [2.05, 4.69) is 39.3 Å². The fourth-order valence-corrected chi connectivity index (χ4v) is 4.65. The molecule has 1 aliphatic rings. The van der Waals surface area contributed by atoms with Crippen LogP contribution in [0.1, 0.15) is 50.2 Å². The van der Waals surface area contributed by atoms with Crippen LogP contribution < -0.4 is 5.32 Å². The predicted molar refractivity (Wildman–Crippen MR) is 139 cm³/mol. The average Bonchev–Trinajstić information content (AvgIpc) is 2.84. The third-order valence-electron chi connectivity index (χ3n) is 5.83. The van der Waals surface area contributed by atoms with Crippen molar-refractivity contribution in [3.63, 3.8) is 0 Å². The number of rotatable bonds is 5. The maximum absolute atomic E-state index is 12.1. The lowest BCUT2D eigenvalue weighted by Crippen LogP contribution is -2.38. The van der Waals surface area contributed by atoms with Gasteiger partial charge in [-0.15, -0.1) is 0 Å².